The van der Waals surface area contributed by atoms with E-state index in [2.05, 4.69) is 38.7 Å². The molecule has 3 nitrogen and oxygen atoms in total. The van der Waals surface area contributed by atoms with Crippen molar-refractivity contribution >= 4 is 0 Å². The molecule has 3 heteroatoms. The molecule has 0 fully saturated rings. The van der Waals surface area contributed by atoms with E-state index in [1.54, 1.807) is 7.11 Å². The summed E-state index contributed by atoms with van der Waals surface area (Å²) in [6.07, 6.45) is 3.88. The predicted molar refractivity (Wildman–Crippen MR) is 83.2 cm³/mol. The van der Waals surface area contributed by atoms with Crippen molar-refractivity contribution in [3.05, 3.63) is 24.0 Å². The SMILES string of the molecule is CCOc1ccc(CC(C)(C)CC(C)(C)COC)nc1. The Hall–Kier alpha value is -1.09. The second-order valence-corrected chi connectivity index (χ2v) is 7.03. The van der Waals surface area contributed by atoms with E-state index in [1.165, 1.54) is 0 Å². The van der Waals surface area contributed by atoms with Gasteiger partial charge in [0.1, 0.15) is 5.75 Å². The van der Waals surface area contributed by atoms with E-state index in [0.717, 1.165) is 30.9 Å². The molecule has 0 bridgehead atoms. The van der Waals surface area contributed by atoms with E-state index in [9.17, 15) is 0 Å². The maximum Gasteiger partial charge on any atom is 0.137 e. The minimum atomic E-state index is 0.184. The standard InChI is InChI=1S/C17H29NO2/c1-7-20-15-9-8-14(18-11-15)10-16(2,3)12-17(4,5)13-19-6/h8-9,11H,7,10,12-13H2,1-6H3. The number of hydrogen-bond donors (Lipinski definition) is 0. The van der Waals surface area contributed by atoms with Gasteiger partial charge in [0.25, 0.3) is 0 Å². The van der Waals surface area contributed by atoms with Crippen molar-refractivity contribution in [3.63, 3.8) is 0 Å². The minimum absolute atomic E-state index is 0.184. The fourth-order valence-corrected chi connectivity index (χ4v) is 3.06. The van der Waals surface area contributed by atoms with Gasteiger partial charge in [-0.3, -0.25) is 4.98 Å². The zero-order valence-electron chi connectivity index (χ0n) is 13.8. The molecule has 1 heterocycles. The summed E-state index contributed by atoms with van der Waals surface area (Å²) in [5.74, 6) is 0.841. The average molecular weight is 279 g/mol. The molecule has 0 amide bonds. The van der Waals surface area contributed by atoms with Gasteiger partial charge in [0, 0.05) is 12.8 Å². The van der Waals surface area contributed by atoms with Gasteiger partial charge in [-0.1, -0.05) is 27.7 Å². The molecule has 0 radical (unpaired) electrons. The Morgan fingerprint density at radius 2 is 1.80 bits per heavy atom. The first-order valence-electron chi connectivity index (χ1n) is 7.35. The van der Waals surface area contributed by atoms with E-state index < -0.39 is 0 Å². The molecular weight excluding hydrogens is 250 g/mol. The molecular formula is C17H29NO2. The lowest BCUT2D eigenvalue weighted by Crippen LogP contribution is -2.28. The number of rotatable bonds is 8. The van der Waals surface area contributed by atoms with E-state index >= 15 is 0 Å². The third kappa shape index (κ3) is 5.91. The highest BCUT2D eigenvalue weighted by atomic mass is 16.5. The number of aromatic nitrogens is 1. The quantitative estimate of drug-likeness (QED) is 0.717. The lowest BCUT2D eigenvalue weighted by Gasteiger charge is -2.34. The summed E-state index contributed by atoms with van der Waals surface area (Å²) in [6.45, 7) is 12.5. The van der Waals surface area contributed by atoms with Crippen molar-refractivity contribution in [2.24, 2.45) is 10.8 Å². The van der Waals surface area contributed by atoms with Crippen LogP contribution in [0.4, 0.5) is 0 Å². The number of methoxy groups -OCH3 is 1. The third-order valence-corrected chi connectivity index (χ3v) is 3.26. The molecule has 1 aromatic heterocycles. The normalized spacial score (nSPS) is 12.5. The Bertz CT molecular complexity index is 396. The second kappa shape index (κ2) is 7.07. The van der Waals surface area contributed by atoms with Gasteiger partial charge >= 0.3 is 0 Å². The van der Waals surface area contributed by atoms with Gasteiger partial charge < -0.3 is 9.47 Å². The highest BCUT2D eigenvalue weighted by Crippen LogP contribution is 2.36. The van der Waals surface area contributed by atoms with Crippen LogP contribution in [0.1, 0.15) is 46.7 Å². The van der Waals surface area contributed by atoms with Gasteiger partial charge in [-0.25, -0.2) is 0 Å². The van der Waals surface area contributed by atoms with Gasteiger partial charge in [-0.2, -0.15) is 0 Å². The number of pyridine rings is 1. The van der Waals surface area contributed by atoms with Gasteiger partial charge in [0.2, 0.25) is 0 Å². The third-order valence-electron chi connectivity index (χ3n) is 3.26. The molecule has 0 unspecified atom stereocenters. The summed E-state index contributed by atoms with van der Waals surface area (Å²) >= 11 is 0. The average Bonchev–Trinajstić information content (AvgIpc) is 2.29. The van der Waals surface area contributed by atoms with Crippen LogP contribution in [0.15, 0.2) is 18.3 Å². The smallest absolute Gasteiger partial charge is 0.137 e. The fraction of sp³-hybridized carbons (Fsp3) is 0.706. The Morgan fingerprint density at radius 1 is 1.10 bits per heavy atom. The van der Waals surface area contributed by atoms with Crippen LogP contribution >= 0.6 is 0 Å². The summed E-state index contributed by atoms with van der Waals surface area (Å²) in [4.78, 5) is 4.50. The number of nitrogens with zero attached hydrogens (tertiary/aromatic N) is 1. The predicted octanol–water partition coefficient (Wildman–Crippen LogP) is 4.11. The van der Waals surface area contributed by atoms with E-state index in [-0.39, 0.29) is 10.8 Å². The van der Waals surface area contributed by atoms with Gasteiger partial charge in [-0.05, 0) is 42.7 Å². The maximum absolute atomic E-state index is 5.42. The number of ether oxygens (including phenoxy) is 2. The van der Waals surface area contributed by atoms with Crippen molar-refractivity contribution in [2.75, 3.05) is 20.3 Å². The first kappa shape index (κ1) is 17.0. The van der Waals surface area contributed by atoms with E-state index in [1.807, 2.05) is 19.2 Å². The van der Waals surface area contributed by atoms with Crippen molar-refractivity contribution in [2.45, 2.75) is 47.5 Å². The molecule has 0 spiro atoms. The van der Waals surface area contributed by atoms with Crippen LogP contribution < -0.4 is 4.74 Å². The van der Waals surface area contributed by atoms with Crippen LogP contribution in [-0.4, -0.2) is 25.3 Å². The number of hydrogen-bond acceptors (Lipinski definition) is 3. The lowest BCUT2D eigenvalue weighted by molar-refractivity contribution is 0.0674. The molecule has 0 atom stereocenters. The first-order chi connectivity index (χ1) is 9.28. The lowest BCUT2D eigenvalue weighted by atomic mass is 9.73. The monoisotopic (exact) mass is 279 g/mol. The fourth-order valence-electron chi connectivity index (χ4n) is 3.06. The minimum Gasteiger partial charge on any atom is -0.492 e. The van der Waals surface area contributed by atoms with E-state index in [0.29, 0.717) is 6.61 Å². The molecule has 20 heavy (non-hydrogen) atoms. The zero-order valence-corrected chi connectivity index (χ0v) is 13.8. The molecule has 0 aliphatic heterocycles. The highest BCUT2D eigenvalue weighted by Gasteiger charge is 2.29. The molecule has 114 valence electrons. The van der Waals surface area contributed by atoms with E-state index in [4.69, 9.17) is 9.47 Å². The summed E-state index contributed by atoms with van der Waals surface area (Å²) < 4.78 is 10.7. The molecule has 0 aliphatic rings. The molecule has 0 saturated heterocycles. The summed E-state index contributed by atoms with van der Waals surface area (Å²) in [5.41, 5.74) is 1.50. The van der Waals surface area contributed by atoms with Gasteiger partial charge in [0.05, 0.1) is 19.4 Å². The van der Waals surface area contributed by atoms with Crippen LogP contribution in [-0.2, 0) is 11.2 Å². The topological polar surface area (TPSA) is 31.4 Å². The van der Waals surface area contributed by atoms with Crippen molar-refractivity contribution < 1.29 is 9.47 Å². The maximum atomic E-state index is 5.42. The molecule has 1 aromatic rings. The highest BCUT2D eigenvalue weighted by molar-refractivity contribution is 5.20. The molecule has 0 saturated carbocycles. The first-order valence-corrected chi connectivity index (χ1v) is 7.35. The van der Waals surface area contributed by atoms with Gasteiger partial charge in [-0.15, -0.1) is 0 Å². The molecule has 1 rings (SSSR count). The van der Waals surface area contributed by atoms with Crippen LogP contribution in [0, 0.1) is 10.8 Å². The largest absolute Gasteiger partial charge is 0.492 e. The Kier molecular flexibility index (Phi) is 6.00. The summed E-state index contributed by atoms with van der Waals surface area (Å²) in [7, 11) is 1.77. The van der Waals surface area contributed by atoms with Crippen molar-refractivity contribution in [1.29, 1.82) is 0 Å². The van der Waals surface area contributed by atoms with Crippen molar-refractivity contribution in [3.8, 4) is 5.75 Å². The summed E-state index contributed by atoms with van der Waals surface area (Å²) in [5, 5.41) is 0. The Labute approximate surface area is 123 Å². The van der Waals surface area contributed by atoms with Crippen LogP contribution in [0.5, 0.6) is 5.75 Å². The molecule has 0 aliphatic carbocycles. The molecule has 0 aromatic carbocycles. The molecule has 0 N–H and O–H groups in total. The Balaban J connectivity index is 2.65. The Morgan fingerprint density at radius 3 is 2.30 bits per heavy atom. The summed E-state index contributed by atoms with van der Waals surface area (Å²) in [6, 6.07) is 4.07. The van der Waals surface area contributed by atoms with Crippen LogP contribution in [0.2, 0.25) is 0 Å². The zero-order chi connectivity index (χ0) is 15.2. The van der Waals surface area contributed by atoms with Gasteiger partial charge in [0.15, 0.2) is 0 Å². The second-order valence-electron chi connectivity index (χ2n) is 7.03. The van der Waals surface area contributed by atoms with Crippen LogP contribution in [0.25, 0.3) is 0 Å². The van der Waals surface area contributed by atoms with Crippen molar-refractivity contribution in [1.82, 2.24) is 4.98 Å². The van der Waals surface area contributed by atoms with Crippen LogP contribution in [0.3, 0.4) is 0 Å².